The van der Waals surface area contributed by atoms with Crippen molar-refractivity contribution in [2.45, 2.75) is 51.8 Å². The highest BCUT2D eigenvalue weighted by atomic mass is 16.6. The lowest BCUT2D eigenvalue weighted by molar-refractivity contribution is -0.149. The van der Waals surface area contributed by atoms with Gasteiger partial charge in [0.1, 0.15) is 18.7 Å². The fraction of sp³-hybridized carbons (Fsp3) is 0.524. The molecular weight excluding hydrogens is 392 g/mol. The minimum absolute atomic E-state index is 0.0827. The van der Waals surface area contributed by atoms with Crippen LogP contribution in [0.2, 0.25) is 0 Å². The van der Waals surface area contributed by atoms with Crippen LogP contribution in [0, 0.1) is 5.92 Å². The van der Waals surface area contributed by atoms with Crippen molar-refractivity contribution >= 4 is 23.9 Å². The van der Waals surface area contributed by atoms with Crippen molar-refractivity contribution in [2.24, 2.45) is 5.92 Å². The van der Waals surface area contributed by atoms with Crippen LogP contribution in [-0.4, -0.2) is 59.2 Å². The number of esters is 1. The van der Waals surface area contributed by atoms with Gasteiger partial charge in [0.15, 0.2) is 0 Å². The molecule has 1 heterocycles. The summed E-state index contributed by atoms with van der Waals surface area (Å²) in [4.78, 5) is 49.8. The molecule has 0 spiro atoms. The summed E-state index contributed by atoms with van der Waals surface area (Å²) in [5.41, 5.74) is 0.824. The molecule has 0 bridgehead atoms. The molecule has 1 aromatic carbocycles. The maximum Gasteiger partial charge on any atom is 0.410 e. The van der Waals surface area contributed by atoms with Gasteiger partial charge in [-0.05, 0) is 31.7 Å². The molecule has 0 radical (unpaired) electrons. The fourth-order valence-corrected chi connectivity index (χ4v) is 3.28. The second-order valence-corrected chi connectivity index (χ2v) is 7.18. The minimum atomic E-state index is -1.26. The van der Waals surface area contributed by atoms with E-state index in [0.29, 0.717) is 19.4 Å². The van der Waals surface area contributed by atoms with E-state index >= 15 is 0 Å². The Morgan fingerprint density at radius 3 is 2.53 bits per heavy atom. The molecule has 9 nitrogen and oxygen atoms in total. The van der Waals surface area contributed by atoms with Gasteiger partial charge in [-0.25, -0.2) is 9.59 Å². The van der Waals surface area contributed by atoms with E-state index in [9.17, 15) is 24.3 Å². The Hall–Kier alpha value is -3.10. The molecule has 2 rings (SSSR count). The molecule has 0 unspecified atom stereocenters. The summed E-state index contributed by atoms with van der Waals surface area (Å²) in [6, 6.07) is 7.09. The maximum absolute atomic E-state index is 12.7. The molecule has 0 saturated carbocycles. The van der Waals surface area contributed by atoms with Gasteiger partial charge in [-0.1, -0.05) is 37.3 Å². The third-order valence-electron chi connectivity index (χ3n) is 4.89. The molecular formula is C21H28N2O7. The zero-order valence-electron chi connectivity index (χ0n) is 17.2. The first-order valence-electron chi connectivity index (χ1n) is 10.0. The van der Waals surface area contributed by atoms with E-state index in [2.05, 4.69) is 5.32 Å². The number of hydrogen-bond acceptors (Lipinski definition) is 6. The Balaban J connectivity index is 1.94. The van der Waals surface area contributed by atoms with Crippen molar-refractivity contribution < 1.29 is 33.8 Å². The summed E-state index contributed by atoms with van der Waals surface area (Å²) in [5, 5.41) is 11.9. The van der Waals surface area contributed by atoms with Crippen LogP contribution in [-0.2, 0) is 30.5 Å². The lowest BCUT2D eigenvalue weighted by atomic mass is 10.0. The number of hydrogen-bond donors (Lipinski definition) is 2. The largest absolute Gasteiger partial charge is 0.480 e. The monoisotopic (exact) mass is 420 g/mol. The molecule has 0 aliphatic carbocycles. The van der Waals surface area contributed by atoms with Crippen LogP contribution in [0.15, 0.2) is 30.3 Å². The molecule has 1 aliphatic heterocycles. The van der Waals surface area contributed by atoms with Crippen LogP contribution in [0.1, 0.15) is 38.7 Å². The van der Waals surface area contributed by atoms with Crippen LogP contribution in [0.5, 0.6) is 0 Å². The number of carboxylic acid groups (broad SMARTS) is 1. The summed E-state index contributed by atoms with van der Waals surface area (Å²) < 4.78 is 10.2. The second kappa shape index (κ2) is 11.2. The Kier molecular flexibility index (Phi) is 8.64. The van der Waals surface area contributed by atoms with E-state index in [4.69, 9.17) is 9.47 Å². The molecule has 3 atom stereocenters. The average molecular weight is 420 g/mol. The number of nitrogens with zero attached hydrogens (tertiary/aromatic N) is 1. The van der Waals surface area contributed by atoms with Crippen molar-refractivity contribution in [1.82, 2.24) is 10.2 Å². The number of carbonyl (C=O) groups excluding carboxylic acids is 3. The second-order valence-electron chi connectivity index (χ2n) is 7.18. The summed E-state index contributed by atoms with van der Waals surface area (Å²) in [6.07, 6.45) is 0.287. The molecule has 1 saturated heterocycles. The van der Waals surface area contributed by atoms with Gasteiger partial charge in [-0.2, -0.15) is 0 Å². The molecule has 9 heteroatoms. The van der Waals surface area contributed by atoms with Crippen molar-refractivity contribution in [2.75, 3.05) is 13.2 Å². The summed E-state index contributed by atoms with van der Waals surface area (Å²) in [5.74, 6) is -3.05. The predicted octanol–water partition coefficient (Wildman–Crippen LogP) is 1.95. The number of benzene rings is 1. The number of nitrogens with one attached hydrogen (secondary N) is 1. The highest BCUT2D eigenvalue weighted by molar-refractivity contribution is 5.90. The number of rotatable bonds is 9. The first-order chi connectivity index (χ1) is 14.3. The molecule has 2 amide bonds. The quantitative estimate of drug-likeness (QED) is 0.586. The van der Waals surface area contributed by atoms with Crippen LogP contribution in [0.25, 0.3) is 0 Å². The van der Waals surface area contributed by atoms with Gasteiger partial charge < -0.3 is 19.9 Å². The Labute approximate surface area is 175 Å². The fourth-order valence-electron chi connectivity index (χ4n) is 3.28. The van der Waals surface area contributed by atoms with Crippen molar-refractivity contribution in [3.8, 4) is 0 Å². The van der Waals surface area contributed by atoms with Gasteiger partial charge in [-0.15, -0.1) is 0 Å². The maximum atomic E-state index is 12.7. The number of aliphatic carboxylic acids is 1. The van der Waals surface area contributed by atoms with Gasteiger partial charge in [-0.3, -0.25) is 14.5 Å². The molecule has 1 fully saturated rings. The topological polar surface area (TPSA) is 122 Å². The number of amides is 2. The van der Waals surface area contributed by atoms with E-state index in [0.717, 1.165) is 5.56 Å². The van der Waals surface area contributed by atoms with E-state index in [-0.39, 0.29) is 19.6 Å². The molecule has 164 valence electrons. The van der Waals surface area contributed by atoms with E-state index < -0.39 is 41.9 Å². The lowest BCUT2D eigenvalue weighted by Crippen LogP contribution is -2.51. The normalized spacial score (nSPS) is 17.7. The van der Waals surface area contributed by atoms with Gasteiger partial charge in [0.25, 0.3) is 0 Å². The zero-order valence-corrected chi connectivity index (χ0v) is 17.2. The smallest absolute Gasteiger partial charge is 0.410 e. The predicted molar refractivity (Wildman–Crippen MR) is 106 cm³/mol. The highest BCUT2D eigenvalue weighted by Crippen LogP contribution is 2.20. The Morgan fingerprint density at radius 2 is 1.90 bits per heavy atom. The molecule has 30 heavy (non-hydrogen) atoms. The molecule has 2 N–H and O–H groups in total. The van der Waals surface area contributed by atoms with Crippen LogP contribution >= 0.6 is 0 Å². The SMILES string of the molecule is CCOC(=O)[C@H](C)C[C@H](NC(=O)[C@H]1CCCN1C(=O)OCc1ccccc1)C(=O)O. The lowest BCUT2D eigenvalue weighted by Gasteiger charge is -2.25. The number of likely N-dealkylation sites (tertiary alicyclic amines) is 1. The summed E-state index contributed by atoms with van der Waals surface area (Å²) in [6.45, 7) is 3.83. The third-order valence-corrected chi connectivity index (χ3v) is 4.89. The third kappa shape index (κ3) is 6.47. The van der Waals surface area contributed by atoms with Crippen LogP contribution in [0.3, 0.4) is 0 Å². The minimum Gasteiger partial charge on any atom is -0.480 e. The van der Waals surface area contributed by atoms with Crippen molar-refractivity contribution in [1.29, 1.82) is 0 Å². The first-order valence-corrected chi connectivity index (χ1v) is 10.0. The van der Waals surface area contributed by atoms with Crippen molar-refractivity contribution in [3.05, 3.63) is 35.9 Å². The first kappa shape index (κ1) is 23.2. The highest BCUT2D eigenvalue weighted by Gasteiger charge is 2.37. The number of ether oxygens (including phenoxy) is 2. The number of carboxylic acids is 1. The van der Waals surface area contributed by atoms with Crippen LogP contribution < -0.4 is 5.32 Å². The molecule has 1 aromatic rings. The van der Waals surface area contributed by atoms with Gasteiger partial charge in [0.2, 0.25) is 5.91 Å². The number of carbonyl (C=O) groups is 4. The van der Waals surface area contributed by atoms with Crippen LogP contribution in [0.4, 0.5) is 4.79 Å². The zero-order chi connectivity index (χ0) is 22.1. The molecule has 1 aliphatic rings. The Bertz CT molecular complexity index is 753. The van der Waals surface area contributed by atoms with Gasteiger partial charge >= 0.3 is 18.0 Å². The average Bonchev–Trinajstić information content (AvgIpc) is 3.22. The van der Waals surface area contributed by atoms with Gasteiger partial charge in [0.05, 0.1) is 12.5 Å². The molecule has 0 aromatic heterocycles. The summed E-state index contributed by atoms with van der Waals surface area (Å²) in [7, 11) is 0. The van der Waals surface area contributed by atoms with E-state index in [1.807, 2.05) is 30.3 Å². The van der Waals surface area contributed by atoms with E-state index in [1.54, 1.807) is 13.8 Å². The Morgan fingerprint density at radius 1 is 1.20 bits per heavy atom. The summed E-state index contributed by atoms with van der Waals surface area (Å²) >= 11 is 0. The standard InChI is InChI=1S/C21H28N2O7/c1-3-29-20(27)14(2)12-16(19(25)26)22-18(24)17-10-7-11-23(17)21(28)30-13-15-8-5-4-6-9-15/h4-6,8-9,14,16-17H,3,7,10-13H2,1-2H3,(H,22,24)(H,25,26)/t14-,16+,17-/m1/s1. The van der Waals surface area contributed by atoms with E-state index in [1.165, 1.54) is 4.90 Å². The van der Waals surface area contributed by atoms with Crippen molar-refractivity contribution in [3.63, 3.8) is 0 Å². The van der Waals surface area contributed by atoms with Gasteiger partial charge in [0, 0.05) is 6.54 Å².